The highest BCUT2D eigenvalue weighted by atomic mass is 32.2. The van der Waals surface area contributed by atoms with E-state index in [2.05, 4.69) is 10.3 Å². The van der Waals surface area contributed by atoms with Crippen molar-refractivity contribution < 1.29 is 14.0 Å². The van der Waals surface area contributed by atoms with Crippen LogP contribution in [-0.2, 0) is 16.1 Å². The van der Waals surface area contributed by atoms with Gasteiger partial charge in [-0.1, -0.05) is 30.1 Å². The Morgan fingerprint density at radius 3 is 3.04 bits per heavy atom. The first kappa shape index (κ1) is 20.1. The Hall–Kier alpha value is -2.65. The molecule has 0 saturated carbocycles. The summed E-state index contributed by atoms with van der Waals surface area (Å²) in [7, 11) is 0. The lowest BCUT2D eigenvalue weighted by Gasteiger charge is -2.14. The number of hydrogen-bond acceptors (Lipinski definition) is 6. The van der Waals surface area contributed by atoms with Gasteiger partial charge in [0.05, 0.1) is 17.5 Å². The predicted molar refractivity (Wildman–Crippen MR) is 112 cm³/mol. The maximum Gasteiger partial charge on any atom is 0.266 e. The summed E-state index contributed by atoms with van der Waals surface area (Å²) in [6.07, 6.45) is 13.2. The largest absolute Gasteiger partial charge is 0.465 e. The van der Waals surface area contributed by atoms with E-state index in [1.54, 1.807) is 43.1 Å². The van der Waals surface area contributed by atoms with Gasteiger partial charge in [0.1, 0.15) is 10.1 Å². The SMILES string of the molecule is O=C(CCN1C(=O)C(=CC=Cc2ccco2)SC1=S)NCCCn1ccnc1. The second kappa shape index (κ2) is 10.0. The number of thiocarbonyl (C=S) groups is 1. The third-order valence-electron chi connectivity index (χ3n) is 3.96. The third-order valence-corrected chi connectivity index (χ3v) is 5.36. The fourth-order valence-corrected chi connectivity index (χ4v) is 3.79. The first-order valence-corrected chi connectivity index (χ1v) is 10.0. The summed E-state index contributed by atoms with van der Waals surface area (Å²) in [5.41, 5.74) is 0. The summed E-state index contributed by atoms with van der Waals surface area (Å²) < 4.78 is 7.63. The summed E-state index contributed by atoms with van der Waals surface area (Å²) in [5, 5.41) is 2.86. The van der Waals surface area contributed by atoms with Gasteiger partial charge in [-0.3, -0.25) is 14.5 Å². The van der Waals surface area contributed by atoms with Gasteiger partial charge in [0, 0.05) is 38.4 Å². The highest BCUT2D eigenvalue weighted by Gasteiger charge is 2.31. The fourth-order valence-electron chi connectivity index (χ4n) is 2.53. The Morgan fingerprint density at radius 1 is 1.39 bits per heavy atom. The van der Waals surface area contributed by atoms with Crippen LogP contribution in [0.5, 0.6) is 0 Å². The van der Waals surface area contributed by atoms with Gasteiger partial charge in [-0.15, -0.1) is 0 Å². The van der Waals surface area contributed by atoms with Crippen molar-refractivity contribution in [2.24, 2.45) is 0 Å². The topological polar surface area (TPSA) is 80.4 Å². The number of furan rings is 1. The highest BCUT2D eigenvalue weighted by Crippen LogP contribution is 2.31. The number of nitrogens with zero attached hydrogens (tertiary/aromatic N) is 3. The zero-order valence-corrected chi connectivity index (χ0v) is 16.7. The first-order chi connectivity index (χ1) is 13.6. The van der Waals surface area contributed by atoms with Crippen LogP contribution in [0.25, 0.3) is 6.08 Å². The zero-order chi connectivity index (χ0) is 19.8. The molecule has 1 saturated heterocycles. The molecule has 9 heteroatoms. The average molecular weight is 417 g/mol. The van der Waals surface area contributed by atoms with E-state index in [4.69, 9.17) is 16.6 Å². The molecule has 0 atom stereocenters. The van der Waals surface area contributed by atoms with E-state index >= 15 is 0 Å². The number of imidazole rings is 1. The molecule has 0 spiro atoms. The van der Waals surface area contributed by atoms with Crippen LogP contribution in [-0.4, -0.2) is 43.7 Å². The van der Waals surface area contributed by atoms with Gasteiger partial charge in [-0.2, -0.15) is 0 Å². The molecule has 0 aliphatic carbocycles. The van der Waals surface area contributed by atoms with Gasteiger partial charge in [-0.25, -0.2) is 4.98 Å². The molecule has 3 rings (SSSR count). The van der Waals surface area contributed by atoms with Crippen LogP contribution in [0.4, 0.5) is 0 Å². The molecule has 0 aromatic carbocycles. The van der Waals surface area contributed by atoms with Crippen molar-refractivity contribution >= 4 is 46.2 Å². The molecule has 0 radical (unpaired) electrons. The smallest absolute Gasteiger partial charge is 0.266 e. The van der Waals surface area contributed by atoms with E-state index in [1.807, 2.05) is 16.8 Å². The minimum atomic E-state index is -0.174. The monoisotopic (exact) mass is 416 g/mol. The van der Waals surface area contributed by atoms with E-state index in [1.165, 1.54) is 16.7 Å². The molecule has 1 aliphatic rings. The molecule has 0 unspecified atom stereocenters. The summed E-state index contributed by atoms with van der Waals surface area (Å²) in [6.45, 7) is 1.65. The van der Waals surface area contributed by atoms with Crippen LogP contribution in [0, 0.1) is 0 Å². The number of aromatic nitrogens is 2. The predicted octanol–water partition coefficient (Wildman–Crippen LogP) is 2.83. The fraction of sp³-hybridized carbons (Fsp3) is 0.263. The minimum Gasteiger partial charge on any atom is -0.465 e. The molecule has 2 aromatic rings. The Kier molecular flexibility index (Phi) is 7.21. The standard InChI is InChI=1S/C19H20N4O3S2/c24-17(21-8-3-10-22-12-9-20-14-22)7-11-23-18(25)16(28-19(23)27)6-1-4-15-5-2-13-26-15/h1-2,4-6,9,12-14H,3,7-8,10-11H2,(H,21,24). The second-order valence-corrected chi connectivity index (χ2v) is 7.66. The molecule has 1 aliphatic heterocycles. The van der Waals surface area contributed by atoms with Crippen LogP contribution in [0.1, 0.15) is 18.6 Å². The van der Waals surface area contributed by atoms with Crippen molar-refractivity contribution in [3.8, 4) is 0 Å². The molecule has 7 nitrogen and oxygen atoms in total. The average Bonchev–Trinajstić information content (AvgIpc) is 3.42. The Labute approximate surface area is 172 Å². The van der Waals surface area contributed by atoms with Crippen LogP contribution in [0.2, 0.25) is 0 Å². The number of carbonyl (C=O) groups excluding carboxylic acids is 2. The summed E-state index contributed by atoms with van der Waals surface area (Å²) in [5.74, 6) is 0.435. The Morgan fingerprint density at radius 2 is 2.29 bits per heavy atom. The quantitative estimate of drug-likeness (QED) is 0.385. The number of aryl methyl sites for hydroxylation is 1. The minimum absolute atomic E-state index is 0.0959. The molecule has 1 N–H and O–H groups in total. The second-order valence-electron chi connectivity index (χ2n) is 5.98. The van der Waals surface area contributed by atoms with Crippen molar-refractivity contribution in [2.75, 3.05) is 13.1 Å². The van der Waals surface area contributed by atoms with E-state index in [-0.39, 0.29) is 24.8 Å². The van der Waals surface area contributed by atoms with E-state index in [0.29, 0.717) is 21.5 Å². The lowest BCUT2D eigenvalue weighted by atomic mass is 10.3. The molecule has 146 valence electrons. The van der Waals surface area contributed by atoms with Gasteiger partial charge in [0.25, 0.3) is 5.91 Å². The number of thioether (sulfide) groups is 1. The molecule has 2 aromatic heterocycles. The maximum absolute atomic E-state index is 12.5. The molecular formula is C19H20N4O3S2. The van der Waals surface area contributed by atoms with E-state index < -0.39 is 0 Å². The highest BCUT2D eigenvalue weighted by molar-refractivity contribution is 8.26. The summed E-state index contributed by atoms with van der Waals surface area (Å²) >= 11 is 6.51. The molecular weight excluding hydrogens is 396 g/mol. The number of allylic oxidation sites excluding steroid dienone is 2. The van der Waals surface area contributed by atoms with Gasteiger partial charge < -0.3 is 14.3 Å². The Balaban J connectivity index is 1.40. The molecule has 1 fully saturated rings. The Bertz CT molecular complexity index is 873. The number of nitrogens with one attached hydrogen (secondary N) is 1. The molecule has 0 bridgehead atoms. The first-order valence-electron chi connectivity index (χ1n) is 8.81. The number of hydrogen-bond donors (Lipinski definition) is 1. The molecule has 2 amide bonds. The summed E-state index contributed by atoms with van der Waals surface area (Å²) in [4.78, 5) is 30.4. The van der Waals surface area contributed by atoms with Crippen LogP contribution in [0.3, 0.4) is 0 Å². The van der Waals surface area contributed by atoms with Crippen molar-refractivity contribution in [2.45, 2.75) is 19.4 Å². The third kappa shape index (κ3) is 5.67. The van der Waals surface area contributed by atoms with Crippen molar-refractivity contribution in [1.82, 2.24) is 19.8 Å². The van der Waals surface area contributed by atoms with E-state index in [9.17, 15) is 9.59 Å². The lowest BCUT2D eigenvalue weighted by molar-refractivity contribution is -0.123. The van der Waals surface area contributed by atoms with Crippen LogP contribution < -0.4 is 5.32 Å². The number of amides is 2. The number of rotatable bonds is 9. The summed E-state index contributed by atoms with van der Waals surface area (Å²) in [6, 6.07) is 3.62. The van der Waals surface area contributed by atoms with Crippen molar-refractivity contribution in [1.29, 1.82) is 0 Å². The van der Waals surface area contributed by atoms with Gasteiger partial charge >= 0.3 is 0 Å². The zero-order valence-electron chi connectivity index (χ0n) is 15.1. The van der Waals surface area contributed by atoms with Gasteiger partial charge in [0.2, 0.25) is 5.91 Å². The van der Waals surface area contributed by atoms with Crippen LogP contribution >= 0.6 is 24.0 Å². The van der Waals surface area contributed by atoms with Crippen LogP contribution in [0.15, 0.2) is 58.6 Å². The van der Waals surface area contributed by atoms with Gasteiger partial charge in [0.15, 0.2) is 0 Å². The van der Waals surface area contributed by atoms with Crippen molar-refractivity contribution in [3.05, 3.63) is 59.9 Å². The normalized spacial score (nSPS) is 15.9. The van der Waals surface area contributed by atoms with Gasteiger partial charge in [-0.05, 0) is 30.7 Å². The van der Waals surface area contributed by atoms with Crippen molar-refractivity contribution in [3.63, 3.8) is 0 Å². The number of carbonyl (C=O) groups is 2. The maximum atomic E-state index is 12.5. The molecule has 28 heavy (non-hydrogen) atoms. The van der Waals surface area contributed by atoms with E-state index in [0.717, 1.165) is 13.0 Å². The lowest BCUT2D eigenvalue weighted by Crippen LogP contribution is -2.34. The molecule has 3 heterocycles.